The molecule has 0 heterocycles. The normalized spacial score (nSPS) is 10.4. The van der Waals surface area contributed by atoms with Crippen molar-refractivity contribution in [3.63, 3.8) is 0 Å². The van der Waals surface area contributed by atoms with Gasteiger partial charge in [0, 0.05) is 5.56 Å². The van der Waals surface area contributed by atoms with E-state index in [1.54, 1.807) is 0 Å². The Morgan fingerprint density at radius 3 is 2.22 bits per heavy atom. The molecule has 0 saturated heterocycles. The van der Waals surface area contributed by atoms with Gasteiger partial charge in [-0.15, -0.1) is 11.6 Å². The fraction of sp³-hybridized carbons (Fsp3) is 0.200. The summed E-state index contributed by atoms with van der Waals surface area (Å²) in [5.74, 6) is 2.05. The van der Waals surface area contributed by atoms with Crippen molar-refractivity contribution in [1.29, 1.82) is 0 Å². The van der Waals surface area contributed by atoms with Crippen LogP contribution in [0.1, 0.15) is 16.7 Å². The molecule has 0 aromatic heterocycles. The smallest absolute Gasteiger partial charge is 0.141 e. The summed E-state index contributed by atoms with van der Waals surface area (Å²) >= 11 is 9.45. The minimum Gasteiger partial charge on any atom is -0.456 e. The van der Waals surface area contributed by atoms with E-state index >= 15 is 0 Å². The van der Waals surface area contributed by atoms with Crippen LogP contribution >= 0.6 is 27.5 Å². The summed E-state index contributed by atoms with van der Waals surface area (Å²) in [6.07, 6.45) is 0. The van der Waals surface area contributed by atoms with Crippen LogP contribution in [0.3, 0.4) is 0 Å². The third-order valence-electron chi connectivity index (χ3n) is 2.67. The fourth-order valence-corrected chi connectivity index (χ4v) is 2.50. The minimum atomic E-state index is 0.445. The van der Waals surface area contributed by atoms with Crippen molar-refractivity contribution in [2.45, 2.75) is 19.7 Å². The number of hydrogen-bond acceptors (Lipinski definition) is 1. The molecule has 0 aliphatic heterocycles. The maximum Gasteiger partial charge on any atom is 0.141 e. The van der Waals surface area contributed by atoms with Crippen LogP contribution in [0.4, 0.5) is 0 Å². The molecular formula is C15H14BrClO. The van der Waals surface area contributed by atoms with Crippen molar-refractivity contribution in [3.8, 4) is 11.5 Å². The number of rotatable bonds is 3. The monoisotopic (exact) mass is 324 g/mol. The first kappa shape index (κ1) is 13.4. The average molecular weight is 326 g/mol. The number of ether oxygens (including phenoxy) is 1. The Morgan fingerprint density at radius 2 is 1.61 bits per heavy atom. The molecule has 0 fully saturated rings. The second kappa shape index (κ2) is 5.77. The van der Waals surface area contributed by atoms with Gasteiger partial charge in [0.15, 0.2) is 0 Å². The van der Waals surface area contributed by atoms with Crippen molar-refractivity contribution in [2.75, 3.05) is 0 Å². The molecule has 0 N–H and O–H groups in total. The molecule has 0 bridgehead atoms. The Labute approximate surface area is 121 Å². The highest BCUT2D eigenvalue weighted by atomic mass is 79.9. The van der Waals surface area contributed by atoms with Crippen molar-refractivity contribution >= 4 is 27.5 Å². The number of aryl methyl sites for hydroxylation is 2. The third-order valence-corrected chi connectivity index (χ3v) is 3.57. The Bertz CT molecular complexity index is 566. The molecule has 3 heteroatoms. The van der Waals surface area contributed by atoms with Crippen LogP contribution in [0.5, 0.6) is 11.5 Å². The summed E-state index contributed by atoms with van der Waals surface area (Å²) < 4.78 is 6.86. The van der Waals surface area contributed by atoms with Crippen molar-refractivity contribution in [1.82, 2.24) is 0 Å². The van der Waals surface area contributed by atoms with E-state index in [0.717, 1.165) is 21.5 Å². The van der Waals surface area contributed by atoms with Gasteiger partial charge in [-0.3, -0.25) is 0 Å². The van der Waals surface area contributed by atoms with Gasteiger partial charge in [0.25, 0.3) is 0 Å². The van der Waals surface area contributed by atoms with Gasteiger partial charge in [-0.2, -0.15) is 0 Å². The van der Waals surface area contributed by atoms with Crippen molar-refractivity contribution < 1.29 is 4.74 Å². The quantitative estimate of drug-likeness (QED) is 0.668. The summed E-state index contributed by atoms with van der Waals surface area (Å²) in [7, 11) is 0. The summed E-state index contributed by atoms with van der Waals surface area (Å²) in [6, 6.07) is 12.0. The van der Waals surface area contributed by atoms with Gasteiger partial charge in [-0.05, 0) is 53.5 Å². The Hall–Kier alpha value is -0.990. The van der Waals surface area contributed by atoms with Gasteiger partial charge in [0.1, 0.15) is 11.5 Å². The van der Waals surface area contributed by atoms with Crippen molar-refractivity contribution in [2.24, 2.45) is 0 Å². The first-order chi connectivity index (χ1) is 8.60. The molecule has 0 atom stereocenters. The number of halogens is 2. The van der Waals surface area contributed by atoms with E-state index in [0.29, 0.717) is 5.88 Å². The van der Waals surface area contributed by atoms with E-state index in [1.165, 1.54) is 11.1 Å². The number of hydrogen-bond donors (Lipinski definition) is 0. The summed E-state index contributed by atoms with van der Waals surface area (Å²) in [5, 5.41) is 0. The minimum absolute atomic E-state index is 0.445. The van der Waals surface area contributed by atoms with Crippen LogP contribution < -0.4 is 4.74 Å². The first-order valence-electron chi connectivity index (χ1n) is 5.69. The van der Waals surface area contributed by atoms with Crippen LogP contribution in [0.15, 0.2) is 40.9 Å². The third kappa shape index (κ3) is 3.06. The SMILES string of the molecule is Cc1ccc(Oc2ccc(C)cc2CCl)c(Br)c1. The van der Waals surface area contributed by atoms with Crippen LogP contribution in [0.25, 0.3) is 0 Å². The van der Waals surface area contributed by atoms with Gasteiger partial charge in [0.05, 0.1) is 10.4 Å². The summed E-state index contributed by atoms with van der Waals surface area (Å²) in [4.78, 5) is 0. The second-order valence-electron chi connectivity index (χ2n) is 4.28. The lowest BCUT2D eigenvalue weighted by atomic mass is 10.1. The van der Waals surface area contributed by atoms with E-state index in [2.05, 4.69) is 15.9 Å². The van der Waals surface area contributed by atoms with Crippen LogP contribution in [0, 0.1) is 13.8 Å². The van der Waals surface area contributed by atoms with Crippen molar-refractivity contribution in [3.05, 3.63) is 57.6 Å². The zero-order chi connectivity index (χ0) is 13.1. The largest absolute Gasteiger partial charge is 0.456 e. The molecule has 2 rings (SSSR count). The maximum atomic E-state index is 5.94. The molecule has 0 saturated carbocycles. The standard InChI is InChI=1S/C15H14BrClO/c1-10-3-5-14(12(7-10)9-17)18-15-6-4-11(2)8-13(15)16/h3-8H,9H2,1-2H3. The van der Waals surface area contributed by atoms with E-state index in [1.807, 2.05) is 50.2 Å². The highest BCUT2D eigenvalue weighted by Gasteiger charge is 2.07. The lowest BCUT2D eigenvalue weighted by Crippen LogP contribution is -1.91. The predicted molar refractivity (Wildman–Crippen MR) is 79.7 cm³/mol. The number of benzene rings is 2. The lowest BCUT2D eigenvalue weighted by molar-refractivity contribution is 0.475. The summed E-state index contributed by atoms with van der Waals surface area (Å²) in [6.45, 7) is 4.09. The highest BCUT2D eigenvalue weighted by Crippen LogP contribution is 2.33. The predicted octanol–water partition coefficient (Wildman–Crippen LogP) is 5.60. The Balaban J connectivity index is 2.33. The average Bonchev–Trinajstić information content (AvgIpc) is 2.34. The Morgan fingerprint density at radius 1 is 1.00 bits per heavy atom. The lowest BCUT2D eigenvalue weighted by Gasteiger charge is -2.12. The molecule has 0 aliphatic rings. The highest BCUT2D eigenvalue weighted by molar-refractivity contribution is 9.10. The van der Waals surface area contributed by atoms with E-state index in [-0.39, 0.29) is 0 Å². The van der Waals surface area contributed by atoms with Crippen LogP contribution in [0.2, 0.25) is 0 Å². The van der Waals surface area contributed by atoms with Gasteiger partial charge in [-0.25, -0.2) is 0 Å². The molecule has 0 aliphatic carbocycles. The molecule has 94 valence electrons. The van der Waals surface area contributed by atoms with Crippen LogP contribution in [-0.4, -0.2) is 0 Å². The molecule has 0 amide bonds. The van der Waals surface area contributed by atoms with Crippen LogP contribution in [-0.2, 0) is 5.88 Å². The molecule has 18 heavy (non-hydrogen) atoms. The van der Waals surface area contributed by atoms with Gasteiger partial charge in [-0.1, -0.05) is 23.8 Å². The van der Waals surface area contributed by atoms with E-state index in [9.17, 15) is 0 Å². The molecule has 2 aromatic carbocycles. The first-order valence-corrected chi connectivity index (χ1v) is 7.02. The molecule has 0 unspecified atom stereocenters. The Kier molecular flexibility index (Phi) is 4.31. The zero-order valence-electron chi connectivity index (χ0n) is 10.3. The molecule has 0 radical (unpaired) electrons. The molecular weight excluding hydrogens is 312 g/mol. The second-order valence-corrected chi connectivity index (χ2v) is 5.40. The van der Waals surface area contributed by atoms with E-state index in [4.69, 9.17) is 16.3 Å². The van der Waals surface area contributed by atoms with Gasteiger partial charge < -0.3 is 4.74 Å². The molecule has 0 spiro atoms. The zero-order valence-corrected chi connectivity index (χ0v) is 12.7. The maximum absolute atomic E-state index is 5.94. The fourth-order valence-electron chi connectivity index (χ4n) is 1.72. The number of alkyl halides is 1. The van der Waals surface area contributed by atoms with Gasteiger partial charge >= 0.3 is 0 Å². The molecule has 2 aromatic rings. The van der Waals surface area contributed by atoms with E-state index < -0.39 is 0 Å². The summed E-state index contributed by atoms with van der Waals surface area (Å²) in [5.41, 5.74) is 3.38. The topological polar surface area (TPSA) is 9.23 Å². The van der Waals surface area contributed by atoms with Gasteiger partial charge in [0.2, 0.25) is 0 Å². The molecule has 1 nitrogen and oxygen atoms in total.